The van der Waals surface area contributed by atoms with E-state index >= 15 is 0 Å². The number of aliphatic hydroxyl groups excluding tert-OH is 1. The molecule has 0 radical (unpaired) electrons. The third kappa shape index (κ3) is 4.51. The average molecular weight is 263 g/mol. The Labute approximate surface area is 116 Å². The average Bonchev–Trinajstić information content (AvgIpc) is 2.46. The number of ether oxygens (including phenoxy) is 1. The van der Waals surface area contributed by atoms with E-state index in [-0.39, 0.29) is 12.6 Å². The summed E-state index contributed by atoms with van der Waals surface area (Å²) in [6.45, 7) is 2.69. The van der Waals surface area contributed by atoms with E-state index in [9.17, 15) is 5.11 Å². The molecule has 0 saturated heterocycles. The minimum absolute atomic E-state index is 0.0303. The molecule has 0 aromatic heterocycles. The molecule has 0 aliphatic heterocycles. The fraction of sp³-hybridized carbons (Fsp3) is 0.625. The fourth-order valence-corrected chi connectivity index (χ4v) is 2.66. The Morgan fingerprint density at radius 3 is 2.68 bits per heavy atom. The van der Waals surface area contributed by atoms with Crippen LogP contribution in [0.1, 0.15) is 37.7 Å². The summed E-state index contributed by atoms with van der Waals surface area (Å²) >= 11 is 0. The van der Waals surface area contributed by atoms with Crippen molar-refractivity contribution in [2.24, 2.45) is 0 Å². The zero-order valence-electron chi connectivity index (χ0n) is 11.8. The number of hydrogen-bond acceptors (Lipinski definition) is 3. The molecule has 2 rings (SSSR count). The Hall–Kier alpha value is -1.06. The summed E-state index contributed by atoms with van der Waals surface area (Å²) in [7, 11) is 0. The van der Waals surface area contributed by atoms with Gasteiger partial charge >= 0.3 is 0 Å². The van der Waals surface area contributed by atoms with E-state index in [0.717, 1.165) is 11.3 Å². The van der Waals surface area contributed by atoms with E-state index < -0.39 is 0 Å². The Kier molecular flexibility index (Phi) is 5.67. The zero-order chi connectivity index (χ0) is 13.5. The highest BCUT2D eigenvalue weighted by Crippen LogP contribution is 2.19. The molecular weight excluding hydrogens is 238 g/mol. The second kappa shape index (κ2) is 7.51. The summed E-state index contributed by atoms with van der Waals surface area (Å²) in [5, 5.41) is 13.0. The van der Waals surface area contributed by atoms with Gasteiger partial charge in [0, 0.05) is 6.04 Å². The molecule has 1 aliphatic rings. The van der Waals surface area contributed by atoms with Crippen molar-refractivity contribution in [1.82, 2.24) is 5.32 Å². The van der Waals surface area contributed by atoms with E-state index in [1.165, 1.54) is 32.1 Å². The second-order valence-electron chi connectivity index (χ2n) is 5.46. The first kappa shape index (κ1) is 14.4. The number of rotatable bonds is 6. The van der Waals surface area contributed by atoms with Crippen molar-refractivity contribution in [3.8, 4) is 5.75 Å². The van der Waals surface area contributed by atoms with Crippen LogP contribution in [-0.2, 0) is 0 Å². The number of nitrogens with one attached hydrogen (secondary N) is 1. The minimum Gasteiger partial charge on any atom is -0.492 e. The van der Waals surface area contributed by atoms with Crippen molar-refractivity contribution in [3.05, 3.63) is 29.8 Å². The minimum atomic E-state index is 0.0303. The van der Waals surface area contributed by atoms with Gasteiger partial charge in [-0.15, -0.1) is 0 Å². The number of aryl methyl sites for hydroxylation is 1. The lowest BCUT2D eigenvalue weighted by Gasteiger charge is -2.27. The van der Waals surface area contributed by atoms with Crippen molar-refractivity contribution in [2.45, 2.75) is 51.1 Å². The molecule has 106 valence electrons. The van der Waals surface area contributed by atoms with E-state index in [0.29, 0.717) is 12.6 Å². The van der Waals surface area contributed by atoms with E-state index in [2.05, 4.69) is 5.32 Å². The van der Waals surface area contributed by atoms with Crippen LogP contribution in [0.25, 0.3) is 0 Å². The van der Waals surface area contributed by atoms with Crippen LogP contribution in [0.15, 0.2) is 24.3 Å². The highest BCUT2D eigenvalue weighted by molar-refractivity contribution is 5.31. The molecule has 1 aliphatic carbocycles. The molecule has 1 fully saturated rings. The largest absolute Gasteiger partial charge is 0.492 e. The molecule has 19 heavy (non-hydrogen) atoms. The Bertz CT molecular complexity index is 375. The van der Waals surface area contributed by atoms with Crippen molar-refractivity contribution >= 4 is 0 Å². The molecule has 1 saturated carbocycles. The molecule has 0 spiro atoms. The van der Waals surface area contributed by atoms with Gasteiger partial charge in [0.25, 0.3) is 0 Å². The van der Waals surface area contributed by atoms with Crippen LogP contribution in [0.5, 0.6) is 5.75 Å². The molecule has 0 heterocycles. The van der Waals surface area contributed by atoms with Crippen LogP contribution in [0.4, 0.5) is 0 Å². The lowest BCUT2D eigenvalue weighted by Crippen LogP contribution is -2.44. The van der Waals surface area contributed by atoms with Gasteiger partial charge in [-0.25, -0.2) is 0 Å². The van der Waals surface area contributed by atoms with Crippen LogP contribution in [0, 0.1) is 6.92 Å². The zero-order valence-corrected chi connectivity index (χ0v) is 11.8. The smallest absolute Gasteiger partial charge is 0.122 e. The van der Waals surface area contributed by atoms with Crippen molar-refractivity contribution in [2.75, 3.05) is 13.2 Å². The molecule has 0 bridgehead atoms. The first-order valence-electron chi connectivity index (χ1n) is 7.35. The lowest BCUT2D eigenvalue weighted by molar-refractivity contribution is 0.165. The van der Waals surface area contributed by atoms with Gasteiger partial charge in [-0.3, -0.25) is 0 Å². The third-order valence-electron chi connectivity index (χ3n) is 3.83. The Balaban J connectivity index is 1.80. The van der Waals surface area contributed by atoms with Crippen LogP contribution in [0.2, 0.25) is 0 Å². The highest BCUT2D eigenvalue weighted by atomic mass is 16.5. The van der Waals surface area contributed by atoms with Gasteiger partial charge in [0.15, 0.2) is 0 Å². The molecule has 3 nitrogen and oxygen atoms in total. The normalized spacial score (nSPS) is 18.2. The molecule has 1 aromatic rings. The number of hydrogen-bond donors (Lipinski definition) is 2. The summed E-state index contributed by atoms with van der Waals surface area (Å²) in [4.78, 5) is 0. The van der Waals surface area contributed by atoms with Gasteiger partial charge in [-0.1, -0.05) is 37.5 Å². The second-order valence-corrected chi connectivity index (χ2v) is 5.46. The summed E-state index contributed by atoms with van der Waals surface area (Å²) < 4.78 is 5.81. The maximum Gasteiger partial charge on any atom is 0.122 e. The first-order chi connectivity index (χ1) is 9.29. The van der Waals surface area contributed by atoms with Gasteiger partial charge < -0.3 is 15.2 Å². The van der Waals surface area contributed by atoms with Crippen molar-refractivity contribution in [3.63, 3.8) is 0 Å². The van der Waals surface area contributed by atoms with Gasteiger partial charge in [0.05, 0.1) is 12.6 Å². The predicted molar refractivity (Wildman–Crippen MR) is 77.6 cm³/mol. The molecular formula is C16H25NO2. The third-order valence-corrected chi connectivity index (χ3v) is 3.83. The molecule has 2 N–H and O–H groups in total. The number of aliphatic hydroxyl groups is 1. The molecule has 0 amide bonds. The van der Waals surface area contributed by atoms with Gasteiger partial charge in [-0.2, -0.15) is 0 Å². The summed E-state index contributed by atoms with van der Waals surface area (Å²) in [5.74, 6) is 0.909. The van der Waals surface area contributed by atoms with Crippen LogP contribution in [-0.4, -0.2) is 30.4 Å². The SMILES string of the molecule is Cc1ccccc1OCC(CO)NC1CCCCC1. The molecule has 3 heteroatoms. The predicted octanol–water partition coefficient (Wildman–Crippen LogP) is 2.66. The lowest BCUT2D eigenvalue weighted by atomic mass is 9.95. The topological polar surface area (TPSA) is 41.5 Å². The summed E-state index contributed by atoms with van der Waals surface area (Å²) in [6, 6.07) is 8.58. The molecule has 1 unspecified atom stereocenters. The highest BCUT2D eigenvalue weighted by Gasteiger charge is 2.18. The van der Waals surface area contributed by atoms with Crippen LogP contribution in [0.3, 0.4) is 0 Å². The van der Waals surface area contributed by atoms with Crippen LogP contribution < -0.4 is 10.1 Å². The summed E-state index contributed by atoms with van der Waals surface area (Å²) in [5.41, 5.74) is 1.14. The van der Waals surface area contributed by atoms with E-state index in [4.69, 9.17) is 4.74 Å². The Morgan fingerprint density at radius 1 is 1.26 bits per heavy atom. The number of para-hydroxylation sites is 1. The monoisotopic (exact) mass is 263 g/mol. The quantitative estimate of drug-likeness (QED) is 0.829. The fourth-order valence-electron chi connectivity index (χ4n) is 2.66. The van der Waals surface area contributed by atoms with Crippen molar-refractivity contribution in [1.29, 1.82) is 0 Å². The first-order valence-corrected chi connectivity index (χ1v) is 7.35. The maximum atomic E-state index is 9.46. The standard InChI is InChI=1S/C16H25NO2/c1-13-7-5-6-10-16(13)19-12-15(11-18)17-14-8-3-2-4-9-14/h5-7,10,14-15,17-18H,2-4,8-9,11-12H2,1H3. The number of benzene rings is 1. The Morgan fingerprint density at radius 2 is 2.00 bits per heavy atom. The molecule has 1 atom stereocenters. The van der Waals surface area contributed by atoms with Gasteiger partial charge in [-0.05, 0) is 31.4 Å². The van der Waals surface area contributed by atoms with E-state index in [1.807, 2.05) is 31.2 Å². The van der Waals surface area contributed by atoms with E-state index in [1.54, 1.807) is 0 Å². The van der Waals surface area contributed by atoms with Crippen LogP contribution >= 0.6 is 0 Å². The van der Waals surface area contributed by atoms with Crippen molar-refractivity contribution < 1.29 is 9.84 Å². The maximum absolute atomic E-state index is 9.46. The van der Waals surface area contributed by atoms with Gasteiger partial charge in [0.1, 0.15) is 12.4 Å². The molecule has 1 aromatic carbocycles. The van der Waals surface area contributed by atoms with Gasteiger partial charge in [0.2, 0.25) is 0 Å². The summed E-state index contributed by atoms with van der Waals surface area (Å²) in [6.07, 6.45) is 6.40.